The van der Waals surface area contributed by atoms with Crippen LogP contribution >= 0.6 is 24.4 Å². The Morgan fingerprint density at radius 3 is 2.41 bits per heavy atom. The third-order valence-corrected chi connectivity index (χ3v) is 3.27. The van der Waals surface area contributed by atoms with Crippen molar-refractivity contribution in [1.29, 1.82) is 0 Å². The molecule has 6 nitrogen and oxygen atoms in total. The second-order valence-corrected chi connectivity index (χ2v) is 5.43. The average Bonchev–Trinajstić information content (AvgIpc) is 2.43. The molecule has 0 fully saturated rings. The fourth-order valence-electron chi connectivity index (χ4n) is 1.81. The summed E-state index contributed by atoms with van der Waals surface area (Å²) in [5.41, 5.74) is 0.744. The van der Waals surface area contributed by atoms with E-state index in [0.29, 0.717) is 16.1 Å². The van der Waals surface area contributed by atoms with Crippen molar-refractivity contribution in [1.82, 2.24) is 19.5 Å². The molecule has 0 amide bonds. The lowest BCUT2D eigenvalue weighted by Crippen LogP contribution is -2.19. The van der Waals surface area contributed by atoms with Crippen molar-refractivity contribution in [3.05, 3.63) is 54.3 Å². The summed E-state index contributed by atoms with van der Waals surface area (Å²) in [6.45, 7) is 4.75. The molecule has 8 heteroatoms. The van der Waals surface area contributed by atoms with Crippen LogP contribution in [0.2, 0.25) is 0 Å². The van der Waals surface area contributed by atoms with Crippen molar-refractivity contribution in [3.63, 3.8) is 0 Å². The van der Waals surface area contributed by atoms with Gasteiger partial charge >= 0.3 is 0 Å². The fraction of sp³-hybridized carbons (Fsp3) is 0.429. The lowest BCUT2D eigenvalue weighted by molar-refractivity contribution is 0.630. The molecule has 120 valence electrons. The zero-order valence-electron chi connectivity index (χ0n) is 12.6. The van der Waals surface area contributed by atoms with Gasteiger partial charge in [0.05, 0.1) is 0 Å². The van der Waals surface area contributed by atoms with Crippen LogP contribution in [0.4, 0.5) is 0 Å². The van der Waals surface area contributed by atoms with Crippen LogP contribution in [0.3, 0.4) is 0 Å². The summed E-state index contributed by atoms with van der Waals surface area (Å²) in [5, 5.41) is 0. The predicted molar refractivity (Wildman–Crippen MR) is 92.4 cm³/mol. The van der Waals surface area contributed by atoms with Crippen molar-refractivity contribution >= 4 is 24.4 Å². The summed E-state index contributed by atoms with van der Waals surface area (Å²) in [6.07, 6.45) is 4.36. The number of aromatic amines is 3. The van der Waals surface area contributed by atoms with E-state index in [4.69, 9.17) is 24.4 Å². The van der Waals surface area contributed by atoms with Crippen LogP contribution in [0.15, 0.2) is 27.9 Å². The maximum Gasteiger partial charge on any atom is 0.254 e. The van der Waals surface area contributed by atoms with Gasteiger partial charge in [-0.05, 0) is 37.3 Å². The molecule has 2 rings (SSSR count). The molecule has 0 saturated carbocycles. The van der Waals surface area contributed by atoms with E-state index < -0.39 is 0 Å². The van der Waals surface area contributed by atoms with Gasteiger partial charge in [0.15, 0.2) is 9.54 Å². The van der Waals surface area contributed by atoms with Gasteiger partial charge in [-0.2, -0.15) is 0 Å². The van der Waals surface area contributed by atoms with Gasteiger partial charge in [0, 0.05) is 30.6 Å². The molecule has 0 atom stereocenters. The fourth-order valence-corrected chi connectivity index (χ4v) is 2.29. The molecule has 2 aromatic heterocycles. The molecule has 0 aliphatic rings. The minimum absolute atomic E-state index is 0.0319. The molecular weight excluding hydrogens is 320 g/mol. The quantitative estimate of drug-likeness (QED) is 0.747. The highest BCUT2D eigenvalue weighted by Gasteiger charge is 1.93. The maximum absolute atomic E-state index is 11.1. The topological polar surface area (TPSA) is 86.4 Å². The van der Waals surface area contributed by atoms with Gasteiger partial charge in [-0.1, -0.05) is 20.3 Å². The first-order valence-corrected chi connectivity index (χ1v) is 7.90. The highest BCUT2D eigenvalue weighted by Crippen LogP contribution is 1.93. The second-order valence-electron chi connectivity index (χ2n) is 4.64. The highest BCUT2D eigenvalue weighted by molar-refractivity contribution is 7.71. The monoisotopic (exact) mass is 340 g/mol. The lowest BCUT2D eigenvalue weighted by Gasteiger charge is -2.00. The van der Waals surface area contributed by atoms with Gasteiger partial charge in [-0.25, -0.2) is 0 Å². The first-order chi connectivity index (χ1) is 10.5. The Balaban J connectivity index is 0.000000220. The van der Waals surface area contributed by atoms with Gasteiger partial charge in [0.2, 0.25) is 0 Å². The Morgan fingerprint density at radius 2 is 1.86 bits per heavy atom. The van der Waals surface area contributed by atoms with E-state index in [0.717, 1.165) is 25.0 Å². The number of H-pyrrole nitrogens is 3. The molecule has 0 unspecified atom stereocenters. The molecule has 0 bridgehead atoms. The van der Waals surface area contributed by atoms with E-state index in [-0.39, 0.29) is 11.1 Å². The van der Waals surface area contributed by atoms with E-state index >= 15 is 0 Å². The molecule has 0 aromatic carbocycles. The van der Waals surface area contributed by atoms with Crippen LogP contribution in [0.1, 0.15) is 32.4 Å². The summed E-state index contributed by atoms with van der Waals surface area (Å²) in [6, 6.07) is 3.02. The number of aryl methyl sites for hydroxylation is 1. The van der Waals surface area contributed by atoms with Crippen LogP contribution in [0, 0.1) is 9.54 Å². The van der Waals surface area contributed by atoms with Gasteiger partial charge in [-0.3, -0.25) is 19.1 Å². The molecule has 3 N–H and O–H groups in total. The zero-order valence-corrected chi connectivity index (χ0v) is 14.3. The Morgan fingerprint density at radius 1 is 1.14 bits per heavy atom. The minimum Gasteiger partial charge on any atom is -0.339 e. The van der Waals surface area contributed by atoms with Crippen LogP contribution in [0.25, 0.3) is 0 Å². The summed E-state index contributed by atoms with van der Waals surface area (Å²) in [7, 11) is 0. The molecule has 22 heavy (non-hydrogen) atoms. The van der Waals surface area contributed by atoms with Crippen molar-refractivity contribution in [2.24, 2.45) is 0 Å². The van der Waals surface area contributed by atoms with Crippen LogP contribution in [0.5, 0.6) is 0 Å². The largest absolute Gasteiger partial charge is 0.339 e. The van der Waals surface area contributed by atoms with E-state index in [1.807, 2.05) is 6.92 Å². The Hall–Kier alpha value is -1.80. The summed E-state index contributed by atoms with van der Waals surface area (Å²) >= 11 is 9.70. The third kappa shape index (κ3) is 5.90. The van der Waals surface area contributed by atoms with Gasteiger partial charge < -0.3 is 9.97 Å². The summed E-state index contributed by atoms with van der Waals surface area (Å²) in [5.74, 6) is 0. The Bertz CT molecular complexity index is 760. The lowest BCUT2D eigenvalue weighted by atomic mass is 10.2. The Labute approximate surface area is 138 Å². The number of nitrogens with one attached hydrogen (secondary N) is 3. The standard InChI is InChI=1S/2C7H10N2OS/c1-2-5-9-6(10)3-4-8-7(9)11;1-2-3-5-4-6(10)9-7(11)8-5/h3-4H,2,5H2,1H3,(H,8,11);4H,2-3H2,1H3,(H2,8,9,10,11). The van der Waals surface area contributed by atoms with Crippen LogP contribution in [-0.2, 0) is 13.0 Å². The SMILES string of the molecule is CCCc1cc(=O)[nH]c(=S)[nH]1.CCCn1c(=O)cc[nH]c1=S. The summed E-state index contributed by atoms with van der Waals surface area (Å²) < 4.78 is 2.45. The van der Waals surface area contributed by atoms with Gasteiger partial charge in [0.1, 0.15) is 0 Å². The molecule has 0 spiro atoms. The molecule has 0 aliphatic carbocycles. The Kier molecular flexibility index (Phi) is 7.69. The van der Waals surface area contributed by atoms with E-state index in [9.17, 15) is 9.59 Å². The number of aromatic nitrogens is 4. The smallest absolute Gasteiger partial charge is 0.254 e. The first-order valence-electron chi connectivity index (χ1n) is 7.09. The number of nitrogens with zero attached hydrogens (tertiary/aromatic N) is 1. The van der Waals surface area contributed by atoms with Gasteiger partial charge in [0.25, 0.3) is 11.1 Å². The summed E-state index contributed by atoms with van der Waals surface area (Å²) in [4.78, 5) is 30.1. The van der Waals surface area contributed by atoms with Crippen molar-refractivity contribution in [3.8, 4) is 0 Å². The zero-order chi connectivity index (χ0) is 16.5. The van der Waals surface area contributed by atoms with Crippen molar-refractivity contribution in [2.75, 3.05) is 0 Å². The average molecular weight is 340 g/mol. The molecule has 2 aromatic rings. The normalized spacial score (nSPS) is 9.91. The van der Waals surface area contributed by atoms with E-state index in [1.165, 1.54) is 6.07 Å². The molecule has 2 heterocycles. The maximum atomic E-state index is 11.1. The molecule has 0 aliphatic heterocycles. The minimum atomic E-state index is -0.128. The van der Waals surface area contributed by atoms with E-state index in [1.54, 1.807) is 16.8 Å². The second kappa shape index (κ2) is 9.26. The van der Waals surface area contributed by atoms with Crippen molar-refractivity contribution in [2.45, 2.75) is 39.7 Å². The number of hydrogen-bond acceptors (Lipinski definition) is 4. The molecular formula is C14H20N4O2S2. The first kappa shape index (κ1) is 18.2. The van der Waals surface area contributed by atoms with Crippen LogP contribution < -0.4 is 11.1 Å². The number of hydrogen-bond donors (Lipinski definition) is 3. The number of rotatable bonds is 4. The third-order valence-electron chi connectivity index (χ3n) is 2.73. The van der Waals surface area contributed by atoms with Crippen LogP contribution in [-0.4, -0.2) is 19.5 Å². The molecule has 0 radical (unpaired) electrons. The highest BCUT2D eigenvalue weighted by atomic mass is 32.1. The van der Waals surface area contributed by atoms with Crippen molar-refractivity contribution < 1.29 is 0 Å². The van der Waals surface area contributed by atoms with Gasteiger partial charge in [-0.15, -0.1) is 0 Å². The molecule has 0 saturated heterocycles. The predicted octanol–water partition coefficient (Wildman–Crippen LogP) is 2.70. The van der Waals surface area contributed by atoms with E-state index in [2.05, 4.69) is 21.9 Å².